The molecule has 2 saturated carbocycles. The Labute approximate surface area is 167 Å². The Morgan fingerprint density at radius 1 is 1.17 bits per heavy atom. The highest BCUT2D eigenvalue weighted by Crippen LogP contribution is 2.84. The van der Waals surface area contributed by atoms with Crippen LogP contribution in [0.5, 0.6) is 0 Å². The minimum absolute atomic E-state index is 0.164. The van der Waals surface area contributed by atoms with Gasteiger partial charge in [-0.05, 0) is 11.8 Å². The van der Waals surface area contributed by atoms with Crippen molar-refractivity contribution >= 4 is 5.97 Å². The Morgan fingerprint density at radius 2 is 1.86 bits per heavy atom. The highest BCUT2D eigenvalue weighted by molar-refractivity contribution is 5.89. The van der Waals surface area contributed by atoms with E-state index in [-0.39, 0.29) is 13.0 Å². The fourth-order valence-electron chi connectivity index (χ4n) is 8.45. The molecular formula is C20H28O9. The number of rotatable bonds is 0. The van der Waals surface area contributed by atoms with E-state index in [2.05, 4.69) is 0 Å². The van der Waals surface area contributed by atoms with Crippen molar-refractivity contribution < 1.29 is 44.2 Å². The van der Waals surface area contributed by atoms with Crippen molar-refractivity contribution in [3.8, 4) is 0 Å². The predicted octanol–water partition coefficient (Wildman–Crippen LogP) is -1.10. The topological polar surface area (TPSA) is 135 Å². The number of fused-ring (bicyclic) bond motifs is 1. The molecule has 0 aromatic rings. The maximum absolute atomic E-state index is 13.4. The van der Waals surface area contributed by atoms with E-state index in [0.29, 0.717) is 0 Å². The molecule has 0 aromatic carbocycles. The number of carbonyl (C=O) groups is 1. The van der Waals surface area contributed by atoms with Crippen LogP contribution >= 0.6 is 0 Å². The number of aliphatic hydroxyl groups is 4. The van der Waals surface area contributed by atoms with Crippen molar-refractivity contribution in [2.45, 2.75) is 82.3 Å². The second-order valence-electron chi connectivity index (χ2n) is 10.9. The molecule has 12 atom stereocenters. The van der Waals surface area contributed by atoms with Gasteiger partial charge in [-0.2, -0.15) is 0 Å². The Hall–Kier alpha value is -0.810. The molecule has 29 heavy (non-hydrogen) atoms. The van der Waals surface area contributed by atoms with Crippen LogP contribution < -0.4 is 0 Å². The molecule has 9 nitrogen and oxygen atoms in total. The third-order valence-electron chi connectivity index (χ3n) is 9.06. The molecule has 4 N–H and O–H groups in total. The molecule has 4 aliphatic heterocycles. The standard InChI is InChI=1S/C20H28O9/c1-7-6-26-8-5-17-12-9(21)10(16(2,3)4)18(17)11(22)13(23)28-15(18)29-20(17,14(24)27-12)19(7,8)25/h7-13,15,21-23,25H,5-6H2,1-4H3/t7-,8?,9-,10+,11+,12?,13+,15+,17?,18?,19-,20?/m1/s1. The summed E-state index contributed by atoms with van der Waals surface area (Å²) in [6.45, 7) is 7.82. The van der Waals surface area contributed by atoms with Crippen molar-refractivity contribution in [2.75, 3.05) is 6.61 Å². The minimum atomic E-state index is -1.84. The number of hydrogen-bond acceptors (Lipinski definition) is 9. The van der Waals surface area contributed by atoms with Gasteiger partial charge >= 0.3 is 5.97 Å². The number of esters is 1. The fraction of sp³-hybridized carbons (Fsp3) is 0.950. The zero-order valence-electron chi connectivity index (χ0n) is 16.9. The van der Waals surface area contributed by atoms with Crippen LogP contribution in [-0.2, 0) is 23.7 Å². The highest BCUT2D eigenvalue weighted by Gasteiger charge is 3.01. The van der Waals surface area contributed by atoms with Gasteiger partial charge in [0, 0.05) is 11.8 Å². The summed E-state index contributed by atoms with van der Waals surface area (Å²) >= 11 is 0. The van der Waals surface area contributed by atoms with E-state index in [0.717, 1.165) is 0 Å². The second kappa shape index (κ2) is 4.82. The molecule has 0 bridgehead atoms. The van der Waals surface area contributed by atoms with Crippen LogP contribution in [0, 0.1) is 28.1 Å². The third kappa shape index (κ3) is 1.45. The molecule has 6 fully saturated rings. The number of aliphatic hydroxyl groups excluding tert-OH is 3. The van der Waals surface area contributed by atoms with Crippen LogP contribution in [-0.4, -0.2) is 81.2 Å². The quantitative estimate of drug-likeness (QED) is 0.366. The van der Waals surface area contributed by atoms with E-state index < -0.39 is 82.2 Å². The number of carbonyl (C=O) groups excluding carboxylic acids is 1. The molecule has 0 radical (unpaired) electrons. The molecule has 5 unspecified atom stereocenters. The first-order valence-electron chi connectivity index (χ1n) is 10.3. The van der Waals surface area contributed by atoms with Crippen molar-refractivity contribution in [3.63, 3.8) is 0 Å². The number of hydrogen-bond donors (Lipinski definition) is 4. The highest BCUT2D eigenvalue weighted by atomic mass is 16.8. The summed E-state index contributed by atoms with van der Waals surface area (Å²) in [6.07, 6.45) is -6.79. The van der Waals surface area contributed by atoms with Crippen LogP contribution in [0.4, 0.5) is 0 Å². The van der Waals surface area contributed by atoms with Gasteiger partial charge in [-0.25, -0.2) is 4.79 Å². The zero-order chi connectivity index (χ0) is 20.9. The van der Waals surface area contributed by atoms with Crippen molar-refractivity contribution in [1.29, 1.82) is 0 Å². The smallest absolute Gasteiger partial charge is 0.342 e. The van der Waals surface area contributed by atoms with Gasteiger partial charge in [0.25, 0.3) is 0 Å². The van der Waals surface area contributed by atoms with Crippen LogP contribution in [0.2, 0.25) is 0 Å². The summed E-state index contributed by atoms with van der Waals surface area (Å²) in [5.74, 6) is -1.80. The molecule has 9 heteroatoms. The van der Waals surface area contributed by atoms with E-state index >= 15 is 0 Å². The minimum Gasteiger partial charge on any atom is -0.457 e. The summed E-state index contributed by atoms with van der Waals surface area (Å²) in [5.41, 5.74) is -6.70. The summed E-state index contributed by atoms with van der Waals surface area (Å²) in [6, 6.07) is 0. The van der Waals surface area contributed by atoms with Gasteiger partial charge in [0.05, 0.1) is 29.6 Å². The summed E-state index contributed by atoms with van der Waals surface area (Å²) in [7, 11) is 0. The molecular weight excluding hydrogens is 384 g/mol. The van der Waals surface area contributed by atoms with Gasteiger partial charge in [0.1, 0.15) is 17.8 Å². The lowest BCUT2D eigenvalue weighted by Gasteiger charge is -2.48. The Bertz CT molecular complexity index is 810. The lowest BCUT2D eigenvalue weighted by Crippen LogP contribution is -2.66. The largest absolute Gasteiger partial charge is 0.457 e. The van der Waals surface area contributed by atoms with Crippen LogP contribution in [0.25, 0.3) is 0 Å². The molecule has 0 aromatic heterocycles. The first-order valence-corrected chi connectivity index (χ1v) is 10.3. The van der Waals surface area contributed by atoms with Gasteiger partial charge in [0.15, 0.2) is 12.6 Å². The van der Waals surface area contributed by atoms with Crippen molar-refractivity contribution in [1.82, 2.24) is 0 Å². The van der Waals surface area contributed by atoms with E-state index in [1.54, 1.807) is 6.92 Å². The van der Waals surface area contributed by atoms with E-state index in [4.69, 9.17) is 18.9 Å². The molecule has 2 spiro atoms. The van der Waals surface area contributed by atoms with Gasteiger partial charge < -0.3 is 39.4 Å². The lowest BCUT2D eigenvalue weighted by atomic mass is 9.51. The average Bonchev–Trinajstić information content (AvgIpc) is 3.31. The molecule has 4 heterocycles. The predicted molar refractivity (Wildman–Crippen MR) is 92.9 cm³/mol. The van der Waals surface area contributed by atoms with Crippen LogP contribution in [0.15, 0.2) is 0 Å². The number of ether oxygens (including phenoxy) is 4. The average molecular weight is 412 g/mol. The van der Waals surface area contributed by atoms with Gasteiger partial charge in [-0.1, -0.05) is 27.7 Å². The molecule has 6 rings (SSSR count). The lowest BCUT2D eigenvalue weighted by molar-refractivity contribution is -0.263. The van der Waals surface area contributed by atoms with Crippen molar-refractivity contribution in [3.05, 3.63) is 0 Å². The monoisotopic (exact) mass is 412 g/mol. The molecule has 4 saturated heterocycles. The Morgan fingerprint density at radius 3 is 2.52 bits per heavy atom. The molecule has 6 aliphatic rings. The Balaban J connectivity index is 1.70. The molecule has 0 amide bonds. The van der Waals surface area contributed by atoms with E-state index in [9.17, 15) is 25.2 Å². The van der Waals surface area contributed by atoms with E-state index in [1.165, 1.54) is 0 Å². The molecule has 162 valence electrons. The molecule has 2 aliphatic carbocycles. The first kappa shape index (κ1) is 18.9. The van der Waals surface area contributed by atoms with Gasteiger partial charge in [0.2, 0.25) is 5.60 Å². The third-order valence-corrected chi connectivity index (χ3v) is 9.06. The van der Waals surface area contributed by atoms with Gasteiger partial charge in [-0.3, -0.25) is 0 Å². The fourth-order valence-corrected chi connectivity index (χ4v) is 8.45. The summed E-state index contributed by atoms with van der Waals surface area (Å²) in [4.78, 5) is 13.4. The maximum atomic E-state index is 13.4. The first-order chi connectivity index (χ1) is 13.4. The second-order valence-corrected chi connectivity index (χ2v) is 10.9. The maximum Gasteiger partial charge on any atom is 0.342 e. The van der Waals surface area contributed by atoms with E-state index in [1.807, 2.05) is 20.8 Å². The summed E-state index contributed by atoms with van der Waals surface area (Å²) < 4.78 is 23.6. The normalized spacial score (nSPS) is 64.8. The van der Waals surface area contributed by atoms with Gasteiger partial charge in [-0.15, -0.1) is 0 Å². The van der Waals surface area contributed by atoms with Crippen LogP contribution in [0.1, 0.15) is 34.1 Å². The van der Waals surface area contributed by atoms with Crippen molar-refractivity contribution in [2.24, 2.45) is 28.1 Å². The SMILES string of the molecule is C[C@@H]1COC2CC34C5OC(=O)C3(O[C@@H]3O[C@H](O)[C@H](O)C34[C@H](C(C)(C)C)[C@H]5O)[C@]21O. The summed E-state index contributed by atoms with van der Waals surface area (Å²) in [5, 5.41) is 45.1. The Kier molecular flexibility index (Phi) is 3.15. The zero-order valence-corrected chi connectivity index (χ0v) is 16.9. The van der Waals surface area contributed by atoms with Crippen LogP contribution in [0.3, 0.4) is 0 Å².